The average molecular weight is 382 g/mol. The minimum absolute atomic E-state index is 0.0545. The third-order valence-electron chi connectivity index (χ3n) is 4.54. The number of carbonyl (C=O) groups excluding carboxylic acids is 2. The highest BCUT2D eigenvalue weighted by atomic mass is 16.6. The number of aliphatic hydroxyl groups is 1. The first kappa shape index (κ1) is 19.2. The van der Waals surface area contributed by atoms with Crippen LogP contribution >= 0.6 is 0 Å². The predicted molar refractivity (Wildman–Crippen MR) is 100 cm³/mol. The SMILES string of the molecule is COCCN1C(=O)C(=O)C(=C(O)c2ccccc2)C1c1ccc([N+](=O)[O-])cc1. The topological polar surface area (TPSA) is 110 Å². The van der Waals surface area contributed by atoms with Gasteiger partial charge in [0.25, 0.3) is 17.4 Å². The van der Waals surface area contributed by atoms with Crippen molar-refractivity contribution in [1.29, 1.82) is 0 Å². The molecule has 28 heavy (non-hydrogen) atoms. The summed E-state index contributed by atoms with van der Waals surface area (Å²) in [6, 6.07) is 13.1. The Hall–Kier alpha value is -3.52. The molecule has 2 aromatic carbocycles. The molecule has 0 aromatic heterocycles. The first-order chi connectivity index (χ1) is 13.5. The Morgan fingerprint density at radius 2 is 1.79 bits per heavy atom. The van der Waals surface area contributed by atoms with Crippen LogP contribution in [0.5, 0.6) is 0 Å². The van der Waals surface area contributed by atoms with E-state index in [0.29, 0.717) is 11.1 Å². The van der Waals surface area contributed by atoms with Crippen molar-refractivity contribution in [3.63, 3.8) is 0 Å². The Bertz CT molecular complexity index is 937. The molecule has 1 aliphatic heterocycles. The van der Waals surface area contributed by atoms with E-state index in [9.17, 15) is 24.8 Å². The molecular weight excluding hydrogens is 364 g/mol. The number of benzene rings is 2. The van der Waals surface area contributed by atoms with Gasteiger partial charge in [-0.05, 0) is 17.7 Å². The highest BCUT2D eigenvalue weighted by Crippen LogP contribution is 2.39. The Morgan fingerprint density at radius 3 is 2.36 bits per heavy atom. The molecule has 1 amide bonds. The van der Waals surface area contributed by atoms with E-state index in [-0.39, 0.29) is 30.2 Å². The summed E-state index contributed by atoms with van der Waals surface area (Å²) in [5, 5.41) is 21.7. The third kappa shape index (κ3) is 3.49. The van der Waals surface area contributed by atoms with Crippen molar-refractivity contribution in [3.8, 4) is 0 Å². The lowest BCUT2D eigenvalue weighted by Gasteiger charge is -2.25. The van der Waals surface area contributed by atoms with E-state index in [4.69, 9.17) is 4.74 Å². The summed E-state index contributed by atoms with van der Waals surface area (Å²) in [5.41, 5.74) is 0.722. The lowest BCUT2D eigenvalue weighted by atomic mass is 9.95. The van der Waals surface area contributed by atoms with E-state index in [0.717, 1.165) is 0 Å². The van der Waals surface area contributed by atoms with Crippen LogP contribution in [0.2, 0.25) is 0 Å². The number of likely N-dealkylation sites (tertiary alicyclic amines) is 1. The second kappa shape index (κ2) is 8.01. The summed E-state index contributed by atoms with van der Waals surface area (Å²) in [6.45, 7) is 0.330. The molecule has 8 heteroatoms. The van der Waals surface area contributed by atoms with Gasteiger partial charge >= 0.3 is 0 Å². The maximum atomic E-state index is 12.7. The number of nitrogens with zero attached hydrogens (tertiary/aromatic N) is 2. The van der Waals surface area contributed by atoms with E-state index in [1.54, 1.807) is 30.3 Å². The standard InChI is InChI=1S/C20H18N2O6/c1-28-12-11-21-17(13-7-9-15(10-8-13)22(26)27)16(19(24)20(21)25)18(23)14-5-3-2-4-6-14/h2-10,17,23H,11-12H2,1H3. The zero-order valence-corrected chi connectivity index (χ0v) is 15.1. The monoisotopic (exact) mass is 382 g/mol. The zero-order valence-electron chi connectivity index (χ0n) is 15.1. The van der Waals surface area contributed by atoms with Crippen LogP contribution in [0.3, 0.4) is 0 Å². The van der Waals surface area contributed by atoms with E-state index in [1.807, 2.05) is 0 Å². The van der Waals surface area contributed by atoms with E-state index < -0.39 is 22.7 Å². The van der Waals surface area contributed by atoms with Gasteiger partial charge in [0.15, 0.2) is 0 Å². The number of methoxy groups -OCH3 is 1. The molecule has 2 aromatic rings. The summed E-state index contributed by atoms with van der Waals surface area (Å²) in [5.74, 6) is -1.85. The zero-order chi connectivity index (χ0) is 20.3. The van der Waals surface area contributed by atoms with Crippen LogP contribution in [0.4, 0.5) is 5.69 Å². The van der Waals surface area contributed by atoms with Crippen LogP contribution in [0, 0.1) is 10.1 Å². The van der Waals surface area contributed by atoms with Crippen LogP contribution in [-0.2, 0) is 14.3 Å². The van der Waals surface area contributed by atoms with Gasteiger partial charge in [0, 0.05) is 31.4 Å². The predicted octanol–water partition coefficient (Wildman–Crippen LogP) is 2.66. The molecule has 1 atom stereocenters. The normalized spacial score (nSPS) is 18.5. The van der Waals surface area contributed by atoms with Crippen molar-refractivity contribution in [1.82, 2.24) is 4.90 Å². The quantitative estimate of drug-likeness (QED) is 0.270. The number of rotatable bonds is 6. The molecule has 1 fully saturated rings. The van der Waals surface area contributed by atoms with E-state index in [1.165, 1.54) is 36.3 Å². The fourth-order valence-corrected chi connectivity index (χ4v) is 3.18. The van der Waals surface area contributed by atoms with Crippen LogP contribution in [0.15, 0.2) is 60.2 Å². The number of ether oxygens (including phenoxy) is 1. The largest absolute Gasteiger partial charge is 0.507 e. The highest BCUT2D eigenvalue weighted by molar-refractivity contribution is 6.46. The molecule has 1 aliphatic rings. The Kier molecular flexibility index (Phi) is 5.51. The van der Waals surface area contributed by atoms with Crippen molar-refractivity contribution in [2.45, 2.75) is 6.04 Å². The molecule has 0 radical (unpaired) electrons. The molecule has 0 bridgehead atoms. The molecule has 1 heterocycles. The average Bonchev–Trinajstić information content (AvgIpc) is 2.97. The number of nitro groups is 1. The molecule has 1 saturated heterocycles. The number of carbonyl (C=O) groups is 2. The maximum absolute atomic E-state index is 12.7. The van der Waals surface area contributed by atoms with Gasteiger partial charge in [0.05, 0.1) is 23.1 Å². The third-order valence-corrected chi connectivity index (χ3v) is 4.54. The van der Waals surface area contributed by atoms with Crippen molar-refractivity contribution < 1.29 is 24.4 Å². The number of hydrogen-bond acceptors (Lipinski definition) is 6. The molecule has 144 valence electrons. The molecule has 3 rings (SSSR count). The van der Waals surface area contributed by atoms with Crippen LogP contribution in [-0.4, -0.2) is 46.9 Å². The second-order valence-electron chi connectivity index (χ2n) is 6.20. The van der Waals surface area contributed by atoms with Crippen molar-refractivity contribution in [2.24, 2.45) is 0 Å². The Labute approximate surface area is 160 Å². The summed E-state index contributed by atoms with van der Waals surface area (Å²) in [6.07, 6.45) is 0. The second-order valence-corrected chi connectivity index (χ2v) is 6.20. The van der Waals surface area contributed by atoms with E-state index in [2.05, 4.69) is 0 Å². The highest BCUT2D eigenvalue weighted by Gasteiger charge is 2.45. The lowest BCUT2D eigenvalue weighted by molar-refractivity contribution is -0.384. The first-order valence-electron chi connectivity index (χ1n) is 8.52. The van der Waals surface area contributed by atoms with Crippen LogP contribution in [0.1, 0.15) is 17.2 Å². The smallest absolute Gasteiger partial charge is 0.295 e. The summed E-state index contributed by atoms with van der Waals surface area (Å²) >= 11 is 0. The van der Waals surface area contributed by atoms with Gasteiger partial charge in [-0.3, -0.25) is 19.7 Å². The number of Topliss-reactive ketones (excluding diaryl/α,β-unsaturated/α-hetero) is 1. The summed E-state index contributed by atoms with van der Waals surface area (Å²) < 4.78 is 5.03. The minimum atomic E-state index is -0.865. The van der Waals surface area contributed by atoms with Gasteiger partial charge in [-0.15, -0.1) is 0 Å². The number of hydrogen-bond donors (Lipinski definition) is 1. The van der Waals surface area contributed by atoms with Crippen molar-refractivity contribution in [2.75, 3.05) is 20.3 Å². The minimum Gasteiger partial charge on any atom is -0.507 e. The van der Waals surface area contributed by atoms with Crippen LogP contribution < -0.4 is 0 Å². The number of non-ortho nitro benzene ring substituents is 1. The summed E-state index contributed by atoms with van der Waals surface area (Å²) in [4.78, 5) is 37.0. The maximum Gasteiger partial charge on any atom is 0.295 e. The number of aliphatic hydroxyl groups excluding tert-OH is 1. The summed E-state index contributed by atoms with van der Waals surface area (Å²) in [7, 11) is 1.47. The van der Waals surface area contributed by atoms with Gasteiger partial charge in [-0.1, -0.05) is 30.3 Å². The molecule has 0 spiro atoms. The molecule has 0 saturated carbocycles. The Morgan fingerprint density at radius 1 is 1.14 bits per heavy atom. The fraction of sp³-hybridized carbons (Fsp3) is 0.200. The van der Waals surface area contributed by atoms with Crippen LogP contribution in [0.25, 0.3) is 5.76 Å². The molecular formula is C20H18N2O6. The molecule has 0 aliphatic carbocycles. The van der Waals surface area contributed by atoms with Crippen molar-refractivity contribution >= 4 is 23.1 Å². The van der Waals surface area contributed by atoms with Gasteiger partial charge in [0.2, 0.25) is 0 Å². The molecule has 8 nitrogen and oxygen atoms in total. The van der Waals surface area contributed by atoms with E-state index >= 15 is 0 Å². The number of ketones is 1. The number of nitro benzene ring substituents is 1. The first-order valence-corrected chi connectivity index (χ1v) is 8.52. The van der Waals surface area contributed by atoms with Gasteiger partial charge in [-0.25, -0.2) is 0 Å². The molecule has 1 N–H and O–H groups in total. The lowest BCUT2D eigenvalue weighted by Crippen LogP contribution is -2.32. The van der Waals surface area contributed by atoms with Gasteiger partial charge in [-0.2, -0.15) is 0 Å². The molecule has 1 unspecified atom stereocenters. The fourth-order valence-electron chi connectivity index (χ4n) is 3.18. The van der Waals surface area contributed by atoms with Crippen molar-refractivity contribution in [3.05, 3.63) is 81.4 Å². The Balaban J connectivity index is 2.14. The van der Waals surface area contributed by atoms with Gasteiger partial charge in [0.1, 0.15) is 5.76 Å². The van der Waals surface area contributed by atoms with Gasteiger partial charge < -0.3 is 14.7 Å². The number of amides is 1.